The maximum absolute atomic E-state index is 5.67. The number of nitrogens with zero attached hydrogens (tertiary/aromatic N) is 2. The Kier molecular flexibility index (Phi) is 3.10. The van der Waals surface area contributed by atoms with Gasteiger partial charge in [-0.15, -0.1) is 0 Å². The molecule has 0 radical (unpaired) electrons. The molecule has 0 spiro atoms. The van der Waals surface area contributed by atoms with Gasteiger partial charge in [0.05, 0.1) is 19.8 Å². The van der Waals surface area contributed by atoms with Gasteiger partial charge >= 0.3 is 0 Å². The van der Waals surface area contributed by atoms with Gasteiger partial charge in [0.25, 0.3) is 0 Å². The maximum Gasteiger partial charge on any atom is 0.216 e. The first-order valence-electron chi connectivity index (χ1n) is 5.63. The van der Waals surface area contributed by atoms with Crippen molar-refractivity contribution < 1.29 is 9.47 Å². The van der Waals surface area contributed by atoms with Crippen LogP contribution in [0.2, 0.25) is 0 Å². The molecule has 4 nitrogen and oxygen atoms in total. The molecule has 0 saturated carbocycles. The van der Waals surface area contributed by atoms with E-state index in [-0.39, 0.29) is 5.41 Å². The van der Waals surface area contributed by atoms with Crippen molar-refractivity contribution in [2.75, 3.05) is 19.8 Å². The minimum Gasteiger partial charge on any atom is -0.477 e. The van der Waals surface area contributed by atoms with Crippen LogP contribution in [0.3, 0.4) is 0 Å². The number of hydrogen-bond donors (Lipinski definition) is 0. The van der Waals surface area contributed by atoms with Crippen molar-refractivity contribution in [1.29, 1.82) is 0 Å². The molecular weight excluding hydrogens is 204 g/mol. The average Bonchev–Trinajstić information content (AvgIpc) is 2.24. The lowest BCUT2D eigenvalue weighted by Crippen LogP contribution is -2.44. The Hall–Kier alpha value is -1.16. The van der Waals surface area contributed by atoms with Crippen LogP contribution in [0.5, 0.6) is 5.88 Å². The molecule has 0 amide bonds. The summed E-state index contributed by atoms with van der Waals surface area (Å²) in [5.41, 5.74) is 0.156. The van der Waals surface area contributed by atoms with E-state index in [0.29, 0.717) is 18.4 Å². The normalized spacial score (nSPS) is 18.2. The topological polar surface area (TPSA) is 44.2 Å². The Bertz CT molecular complexity index is 362. The standard InChI is InChI=1S/C12H18N2O2/c1-9(2)11-13-5-4-10(14-11)16-8-12(3)6-15-7-12/h4-5,9H,6-8H2,1-3H3. The quantitative estimate of drug-likeness (QED) is 0.781. The Morgan fingerprint density at radius 1 is 1.50 bits per heavy atom. The fraction of sp³-hybridized carbons (Fsp3) is 0.667. The molecule has 0 aliphatic carbocycles. The summed E-state index contributed by atoms with van der Waals surface area (Å²) >= 11 is 0. The molecule has 4 heteroatoms. The fourth-order valence-electron chi connectivity index (χ4n) is 1.50. The Labute approximate surface area is 96.0 Å². The van der Waals surface area contributed by atoms with E-state index in [4.69, 9.17) is 9.47 Å². The van der Waals surface area contributed by atoms with Crippen LogP contribution in [0.4, 0.5) is 0 Å². The lowest BCUT2D eigenvalue weighted by atomic mass is 9.90. The molecule has 0 bridgehead atoms. The van der Waals surface area contributed by atoms with Crippen LogP contribution in [0.25, 0.3) is 0 Å². The molecule has 1 aliphatic rings. The summed E-state index contributed by atoms with van der Waals surface area (Å²) in [6, 6.07) is 1.80. The van der Waals surface area contributed by atoms with E-state index in [1.807, 2.05) is 0 Å². The summed E-state index contributed by atoms with van der Waals surface area (Å²) in [7, 11) is 0. The zero-order valence-corrected chi connectivity index (χ0v) is 10.1. The summed E-state index contributed by atoms with van der Waals surface area (Å²) in [6.45, 7) is 8.49. The maximum atomic E-state index is 5.67. The Morgan fingerprint density at radius 2 is 2.25 bits per heavy atom. The minimum atomic E-state index is 0.156. The number of ether oxygens (including phenoxy) is 2. The monoisotopic (exact) mass is 222 g/mol. The van der Waals surface area contributed by atoms with Crippen LogP contribution >= 0.6 is 0 Å². The molecule has 0 atom stereocenters. The van der Waals surface area contributed by atoms with Gasteiger partial charge in [0.15, 0.2) is 0 Å². The predicted octanol–water partition coefficient (Wildman–Crippen LogP) is 2.02. The van der Waals surface area contributed by atoms with Crippen molar-refractivity contribution in [2.24, 2.45) is 5.41 Å². The molecule has 1 saturated heterocycles. The third-order valence-corrected chi connectivity index (χ3v) is 2.63. The van der Waals surface area contributed by atoms with E-state index in [9.17, 15) is 0 Å². The van der Waals surface area contributed by atoms with Gasteiger partial charge in [0.1, 0.15) is 5.82 Å². The highest BCUT2D eigenvalue weighted by Crippen LogP contribution is 2.27. The molecule has 1 aromatic heterocycles. The molecule has 1 aromatic rings. The molecule has 1 fully saturated rings. The van der Waals surface area contributed by atoms with Crippen molar-refractivity contribution in [3.05, 3.63) is 18.1 Å². The van der Waals surface area contributed by atoms with Gasteiger partial charge in [0, 0.05) is 23.6 Å². The Balaban J connectivity index is 1.96. The molecule has 88 valence electrons. The first-order chi connectivity index (χ1) is 7.59. The molecule has 0 unspecified atom stereocenters. The number of aromatic nitrogens is 2. The van der Waals surface area contributed by atoms with Crippen molar-refractivity contribution in [1.82, 2.24) is 9.97 Å². The molecule has 1 aliphatic heterocycles. The third kappa shape index (κ3) is 2.50. The molecular formula is C12H18N2O2. The second kappa shape index (κ2) is 4.37. The van der Waals surface area contributed by atoms with Crippen molar-refractivity contribution in [3.63, 3.8) is 0 Å². The van der Waals surface area contributed by atoms with Gasteiger partial charge in [-0.25, -0.2) is 4.98 Å². The van der Waals surface area contributed by atoms with Crippen LogP contribution < -0.4 is 4.74 Å². The smallest absolute Gasteiger partial charge is 0.216 e. The van der Waals surface area contributed by atoms with E-state index >= 15 is 0 Å². The van der Waals surface area contributed by atoms with Gasteiger partial charge in [-0.05, 0) is 0 Å². The molecule has 0 aromatic carbocycles. The summed E-state index contributed by atoms with van der Waals surface area (Å²) in [5.74, 6) is 1.81. The number of rotatable bonds is 4. The average molecular weight is 222 g/mol. The van der Waals surface area contributed by atoms with E-state index in [1.54, 1.807) is 12.3 Å². The van der Waals surface area contributed by atoms with E-state index in [0.717, 1.165) is 19.0 Å². The van der Waals surface area contributed by atoms with Crippen LogP contribution in [-0.4, -0.2) is 29.8 Å². The van der Waals surface area contributed by atoms with Gasteiger partial charge < -0.3 is 9.47 Å². The van der Waals surface area contributed by atoms with Crippen LogP contribution in [0, 0.1) is 5.41 Å². The summed E-state index contributed by atoms with van der Waals surface area (Å²) in [4.78, 5) is 8.56. The van der Waals surface area contributed by atoms with Crippen molar-refractivity contribution >= 4 is 0 Å². The second-order valence-electron chi connectivity index (χ2n) is 5.00. The molecule has 0 N–H and O–H groups in total. The summed E-state index contributed by atoms with van der Waals surface area (Å²) < 4.78 is 10.8. The van der Waals surface area contributed by atoms with E-state index < -0.39 is 0 Å². The lowest BCUT2D eigenvalue weighted by Gasteiger charge is -2.37. The first kappa shape index (κ1) is 11.3. The zero-order valence-electron chi connectivity index (χ0n) is 10.1. The van der Waals surface area contributed by atoms with Crippen LogP contribution in [0.15, 0.2) is 12.3 Å². The SMILES string of the molecule is CC(C)c1nccc(OCC2(C)COC2)n1. The van der Waals surface area contributed by atoms with Crippen molar-refractivity contribution in [3.8, 4) is 5.88 Å². The second-order valence-corrected chi connectivity index (χ2v) is 5.00. The van der Waals surface area contributed by atoms with Crippen LogP contribution in [-0.2, 0) is 4.74 Å². The van der Waals surface area contributed by atoms with Crippen LogP contribution in [0.1, 0.15) is 32.5 Å². The molecule has 2 heterocycles. The number of hydrogen-bond acceptors (Lipinski definition) is 4. The lowest BCUT2D eigenvalue weighted by molar-refractivity contribution is -0.120. The largest absolute Gasteiger partial charge is 0.477 e. The van der Waals surface area contributed by atoms with E-state index in [1.165, 1.54) is 0 Å². The molecule has 2 rings (SSSR count). The first-order valence-corrected chi connectivity index (χ1v) is 5.63. The highest BCUT2D eigenvalue weighted by molar-refractivity contribution is 5.10. The highest BCUT2D eigenvalue weighted by atomic mass is 16.5. The fourth-order valence-corrected chi connectivity index (χ4v) is 1.50. The Morgan fingerprint density at radius 3 is 2.81 bits per heavy atom. The third-order valence-electron chi connectivity index (χ3n) is 2.63. The summed E-state index contributed by atoms with van der Waals surface area (Å²) in [5, 5.41) is 0. The van der Waals surface area contributed by atoms with Gasteiger partial charge in [-0.2, -0.15) is 4.98 Å². The molecule has 16 heavy (non-hydrogen) atoms. The predicted molar refractivity (Wildman–Crippen MR) is 60.5 cm³/mol. The van der Waals surface area contributed by atoms with Gasteiger partial charge in [-0.1, -0.05) is 20.8 Å². The highest BCUT2D eigenvalue weighted by Gasteiger charge is 2.34. The van der Waals surface area contributed by atoms with E-state index in [2.05, 4.69) is 30.7 Å². The summed E-state index contributed by atoms with van der Waals surface area (Å²) in [6.07, 6.45) is 1.75. The minimum absolute atomic E-state index is 0.156. The van der Waals surface area contributed by atoms with Gasteiger partial charge in [0.2, 0.25) is 5.88 Å². The zero-order chi connectivity index (χ0) is 11.6. The van der Waals surface area contributed by atoms with Gasteiger partial charge in [-0.3, -0.25) is 0 Å². The van der Waals surface area contributed by atoms with Crippen molar-refractivity contribution in [2.45, 2.75) is 26.7 Å².